The van der Waals surface area contributed by atoms with Crippen molar-refractivity contribution in [2.75, 3.05) is 0 Å². The van der Waals surface area contributed by atoms with Gasteiger partial charge in [0.15, 0.2) is 0 Å². The Kier molecular flexibility index (Phi) is 4.92. The van der Waals surface area contributed by atoms with E-state index in [-0.39, 0.29) is 0 Å². The number of benzene rings is 3. The lowest BCUT2D eigenvalue weighted by atomic mass is 9.93. The van der Waals surface area contributed by atoms with Gasteiger partial charge in [0.25, 0.3) is 0 Å². The van der Waals surface area contributed by atoms with E-state index in [1.165, 1.54) is 0 Å². The summed E-state index contributed by atoms with van der Waals surface area (Å²) in [6, 6.07) is 27.3. The third-order valence-corrected chi connectivity index (χ3v) is 3.96. The van der Waals surface area contributed by atoms with Crippen LogP contribution in [-0.4, -0.2) is 5.11 Å². The van der Waals surface area contributed by atoms with E-state index >= 15 is 0 Å². The maximum absolute atomic E-state index is 10.9. The number of aliphatic hydroxyl groups excluding tert-OH is 1. The van der Waals surface area contributed by atoms with Gasteiger partial charge in [-0.1, -0.05) is 84.4 Å². The van der Waals surface area contributed by atoms with Crippen molar-refractivity contribution in [2.24, 2.45) is 0 Å². The molecular formula is C21H17ClO. The van der Waals surface area contributed by atoms with Crippen LogP contribution in [0, 0.1) is 0 Å². The van der Waals surface area contributed by atoms with Crippen molar-refractivity contribution in [2.45, 2.75) is 6.10 Å². The molecule has 0 aliphatic carbocycles. The van der Waals surface area contributed by atoms with Crippen LogP contribution in [-0.2, 0) is 0 Å². The molecule has 1 atom stereocenters. The molecule has 0 aliphatic rings. The summed E-state index contributed by atoms with van der Waals surface area (Å²) >= 11 is 5.95. The monoisotopic (exact) mass is 320 g/mol. The molecule has 0 aromatic heterocycles. The average Bonchev–Trinajstić information content (AvgIpc) is 2.61. The van der Waals surface area contributed by atoms with Gasteiger partial charge in [-0.2, -0.15) is 0 Å². The zero-order valence-electron chi connectivity index (χ0n) is 12.6. The fourth-order valence-corrected chi connectivity index (χ4v) is 2.63. The first-order chi connectivity index (χ1) is 11.2. The van der Waals surface area contributed by atoms with Gasteiger partial charge in [0, 0.05) is 5.02 Å². The van der Waals surface area contributed by atoms with Gasteiger partial charge in [-0.15, -0.1) is 0 Å². The molecule has 114 valence electrons. The van der Waals surface area contributed by atoms with Crippen LogP contribution in [0.3, 0.4) is 0 Å². The molecule has 0 amide bonds. The normalized spacial score (nSPS) is 12.9. The summed E-state index contributed by atoms with van der Waals surface area (Å²) in [5.74, 6) is 0. The highest BCUT2D eigenvalue weighted by Crippen LogP contribution is 2.32. The summed E-state index contributed by atoms with van der Waals surface area (Å²) in [7, 11) is 0. The summed E-state index contributed by atoms with van der Waals surface area (Å²) in [6.45, 7) is 0. The summed E-state index contributed by atoms with van der Waals surface area (Å²) in [4.78, 5) is 0. The third kappa shape index (κ3) is 3.89. The Morgan fingerprint density at radius 2 is 1.35 bits per heavy atom. The van der Waals surface area contributed by atoms with Gasteiger partial charge in [-0.05, 0) is 40.5 Å². The molecule has 0 saturated heterocycles. The minimum Gasteiger partial charge on any atom is -0.384 e. The number of hydrogen-bond acceptors (Lipinski definition) is 1. The van der Waals surface area contributed by atoms with Crippen molar-refractivity contribution in [1.29, 1.82) is 0 Å². The van der Waals surface area contributed by atoms with E-state index in [0.717, 1.165) is 22.3 Å². The molecule has 2 heteroatoms. The van der Waals surface area contributed by atoms with Crippen LogP contribution in [0.1, 0.15) is 22.8 Å². The first kappa shape index (κ1) is 15.5. The van der Waals surface area contributed by atoms with E-state index in [0.29, 0.717) is 5.02 Å². The van der Waals surface area contributed by atoms with E-state index in [9.17, 15) is 5.11 Å². The summed E-state index contributed by atoms with van der Waals surface area (Å²) in [6.07, 6.45) is 1.31. The van der Waals surface area contributed by atoms with E-state index in [4.69, 9.17) is 11.6 Å². The molecule has 0 bridgehead atoms. The Hall–Kier alpha value is -2.35. The Balaban J connectivity index is 2.05. The highest BCUT2D eigenvalue weighted by molar-refractivity contribution is 6.30. The molecule has 3 aromatic carbocycles. The van der Waals surface area contributed by atoms with Gasteiger partial charge in [0.05, 0.1) is 0 Å². The lowest BCUT2D eigenvalue weighted by molar-refractivity contribution is 0.239. The Morgan fingerprint density at radius 1 is 0.783 bits per heavy atom. The van der Waals surface area contributed by atoms with Gasteiger partial charge in [-0.3, -0.25) is 0 Å². The molecule has 0 radical (unpaired) electrons. The number of hydrogen-bond donors (Lipinski definition) is 1. The van der Waals surface area contributed by atoms with Crippen LogP contribution < -0.4 is 0 Å². The van der Waals surface area contributed by atoms with Crippen molar-refractivity contribution in [3.63, 3.8) is 0 Å². The fourth-order valence-electron chi connectivity index (χ4n) is 2.50. The number of halogens is 1. The molecule has 0 aliphatic heterocycles. The molecular weight excluding hydrogens is 304 g/mol. The van der Waals surface area contributed by atoms with Gasteiger partial charge in [-0.25, -0.2) is 0 Å². The fraction of sp³-hybridized carbons (Fsp3) is 0.0476. The van der Waals surface area contributed by atoms with E-state index in [1.54, 1.807) is 12.1 Å². The summed E-state index contributed by atoms with van der Waals surface area (Å²) < 4.78 is 0. The second-order valence-corrected chi connectivity index (χ2v) is 5.77. The molecule has 23 heavy (non-hydrogen) atoms. The molecule has 1 nitrogen and oxygen atoms in total. The first-order valence-corrected chi connectivity index (χ1v) is 7.87. The predicted molar refractivity (Wildman–Crippen MR) is 97.2 cm³/mol. The molecule has 3 rings (SSSR count). The Morgan fingerprint density at radius 3 is 1.96 bits per heavy atom. The number of aliphatic hydroxyl groups is 1. The Bertz CT molecular complexity index is 777. The smallest absolute Gasteiger partial charge is 0.105 e. The zero-order chi connectivity index (χ0) is 16.1. The topological polar surface area (TPSA) is 20.2 Å². The van der Waals surface area contributed by atoms with Crippen molar-refractivity contribution < 1.29 is 5.11 Å². The second kappa shape index (κ2) is 7.28. The lowest BCUT2D eigenvalue weighted by Crippen LogP contribution is -2.01. The minimum atomic E-state index is -0.713. The highest BCUT2D eigenvalue weighted by Gasteiger charge is 2.15. The van der Waals surface area contributed by atoms with Gasteiger partial charge >= 0.3 is 0 Å². The van der Waals surface area contributed by atoms with Crippen LogP contribution in [0.25, 0.3) is 11.6 Å². The first-order valence-electron chi connectivity index (χ1n) is 7.49. The van der Waals surface area contributed by atoms with Crippen molar-refractivity contribution >= 4 is 23.3 Å². The summed E-state index contributed by atoms with van der Waals surface area (Å²) in [5.41, 5.74) is 3.73. The molecule has 1 unspecified atom stereocenters. The number of rotatable bonds is 4. The maximum Gasteiger partial charge on any atom is 0.105 e. The standard InChI is InChI=1S/C21H17ClO/c22-19-13-11-18(12-14-19)21(23)20(17-9-5-2-6-10-17)15-16-7-3-1-4-8-16/h1-15,21,23H/b20-15+. The molecule has 0 spiro atoms. The van der Waals surface area contributed by atoms with E-state index < -0.39 is 6.10 Å². The molecule has 1 N–H and O–H groups in total. The lowest BCUT2D eigenvalue weighted by Gasteiger charge is -2.16. The van der Waals surface area contributed by atoms with Gasteiger partial charge in [0.2, 0.25) is 0 Å². The van der Waals surface area contributed by atoms with Crippen LogP contribution >= 0.6 is 11.6 Å². The minimum absolute atomic E-state index is 0.661. The molecule has 0 saturated carbocycles. The van der Waals surface area contributed by atoms with Crippen LogP contribution in [0.4, 0.5) is 0 Å². The van der Waals surface area contributed by atoms with E-state index in [1.807, 2.05) is 78.9 Å². The van der Waals surface area contributed by atoms with Crippen LogP contribution in [0.2, 0.25) is 5.02 Å². The molecule has 0 fully saturated rings. The average molecular weight is 321 g/mol. The van der Waals surface area contributed by atoms with Crippen molar-refractivity contribution in [3.05, 3.63) is 107 Å². The van der Waals surface area contributed by atoms with Crippen molar-refractivity contribution in [1.82, 2.24) is 0 Å². The predicted octanol–water partition coefficient (Wildman–Crippen LogP) is 5.61. The quantitative estimate of drug-likeness (QED) is 0.619. The largest absolute Gasteiger partial charge is 0.384 e. The van der Waals surface area contributed by atoms with Crippen LogP contribution in [0.5, 0.6) is 0 Å². The molecule has 3 aromatic rings. The Labute approximate surface area is 141 Å². The molecule has 0 heterocycles. The zero-order valence-corrected chi connectivity index (χ0v) is 13.3. The van der Waals surface area contributed by atoms with E-state index in [2.05, 4.69) is 0 Å². The van der Waals surface area contributed by atoms with Crippen molar-refractivity contribution in [3.8, 4) is 0 Å². The van der Waals surface area contributed by atoms with Crippen LogP contribution in [0.15, 0.2) is 84.9 Å². The highest BCUT2D eigenvalue weighted by atomic mass is 35.5. The second-order valence-electron chi connectivity index (χ2n) is 5.33. The SMILES string of the molecule is OC(/C(=C/c1ccccc1)c1ccccc1)c1ccc(Cl)cc1. The summed E-state index contributed by atoms with van der Waals surface area (Å²) in [5, 5.41) is 11.5. The third-order valence-electron chi connectivity index (χ3n) is 3.71. The van der Waals surface area contributed by atoms with Gasteiger partial charge in [0.1, 0.15) is 6.10 Å². The van der Waals surface area contributed by atoms with Gasteiger partial charge < -0.3 is 5.11 Å². The maximum atomic E-state index is 10.9.